The van der Waals surface area contributed by atoms with Crippen LogP contribution < -0.4 is 9.62 Å². The molecule has 0 aliphatic heterocycles. The number of carbonyl (C=O) groups excluding carboxylic acids is 1. The van der Waals surface area contributed by atoms with E-state index in [-0.39, 0.29) is 23.2 Å². The van der Waals surface area contributed by atoms with Crippen LogP contribution in [0, 0.1) is 5.82 Å². The van der Waals surface area contributed by atoms with Crippen molar-refractivity contribution in [2.45, 2.75) is 11.4 Å². The maximum Gasteiger partial charge on any atom is 0.264 e. The second-order valence-corrected chi connectivity index (χ2v) is 8.11. The van der Waals surface area contributed by atoms with E-state index in [1.807, 2.05) is 0 Å². The van der Waals surface area contributed by atoms with E-state index >= 15 is 0 Å². The first-order chi connectivity index (χ1) is 13.4. The highest BCUT2D eigenvalue weighted by Gasteiger charge is 2.21. The first-order valence-electron chi connectivity index (χ1n) is 8.54. The molecule has 7 heteroatoms. The fourth-order valence-corrected chi connectivity index (χ4v) is 3.82. The summed E-state index contributed by atoms with van der Waals surface area (Å²) in [5, 5.41) is 2.75. The lowest BCUT2D eigenvalue weighted by Crippen LogP contribution is -2.27. The molecule has 0 aromatic heterocycles. The van der Waals surface area contributed by atoms with Crippen molar-refractivity contribution >= 4 is 21.6 Å². The predicted octanol–water partition coefficient (Wildman–Crippen LogP) is 3.58. The van der Waals surface area contributed by atoms with Crippen LogP contribution in [0.3, 0.4) is 0 Å². The molecule has 3 aromatic carbocycles. The largest absolute Gasteiger partial charge is 0.348 e. The summed E-state index contributed by atoms with van der Waals surface area (Å²) in [5.41, 5.74) is 1.62. The van der Waals surface area contributed by atoms with E-state index in [1.54, 1.807) is 54.6 Å². The minimum atomic E-state index is -3.67. The van der Waals surface area contributed by atoms with Gasteiger partial charge in [0.15, 0.2) is 0 Å². The predicted molar refractivity (Wildman–Crippen MR) is 106 cm³/mol. The average molecular weight is 398 g/mol. The highest BCUT2D eigenvalue weighted by atomic mass is 32.2. The third-order valence-corrected chi connectivity index (χ3v) is 6.06. The van der Waals surface area contributed by atoms with Gasteiger partial charge in [0.1, 0.15) is 5.82 Å². The Kier molecular flexibility index (Phi) is 5.75. The molecule has 0 aliphatic carbocycles. The molecular formula is C21H19FN2O3S. The van der Waals surface area contributed by atoms with Crippen LogP contribution >= 0.6 is 0 Å². The molecule has 0 unspecified atom stereocenters. The molecule has 1 amide bonds. The Morgan fingerprint density at radius 2 is 1.54 bits per heavy atom. The second kappa shape index (κ2) is 8.22. The Morgan fingerprint density at radius 3 is 2.14 bits per heavy atom. The zero-order valence-corrected chi connectivity index (χ0v) is 16.0. The van der Waals surface area contributed by atoms with Gasteiger partial charge in [0.2, 0.25) is 0 Å². The van der Waals surface area contributed by atoms with Gasteiger partial charge in [-0.15, -0.1) is 0 Å². The summed E-state index contributed by atoms with van der Waals surface area (Å²) in [6.07, 6.45) is 0. The second-order valence-electron chi connectivity index (χ2n) is 6.14. The van der Waals surface area contributed by atoms with Gasteiger partial charge in [-0.05, 0) is 54.1 Å². The quantitative estimate of drug-likeness (QED) is 0.690. The lowest BCUT2D eigenvalue weighted by molar-refractivity contribution is 0.0951. The molecule has 0 fully saturated rings. The van der Waals surface area contributed by atoms with Gasteiger partial charge in [-0.25, -0.2) is 12.8 Å². The Bertz CT molecular complexity index is 1050. The zero-order chi connectivity index (χ0) is 20.1. The number of hydrogen-bond donors (Lipinski definition) is 1. The lowest BCUT2D eigenvalue weighted by Gasteiger charge is -2.19. The highest BCUT2D eigenvalue weighted by Crippen LogP contribution is 2.22. The van der Waals surface area contributed by atoms with Crippen LogP contribution in [-0.2, 0) is 16.6 Å². The topological polar surface area (TPSA) is 66.5 Å². The molecule has 0 spiro atoms. The van der Waals surface area contributed by atoms with Crippen molar-refractivity contribution in [2.75, 3.05) is 11.4 Å². The van der Waals surface area contributed by atoms with Crippen molar-refractivity contribution in [3.8, 4) is 0 Å². The molecule has 0 bridgehead atoms. The standard InChI is InChI=1S/C21H19FN2O3S/c1-24(28(26,27)20-5-3-2-4-6-20)19-13-9-17(10-14-19)21(25)23-15-16-7-11-18(22)12-8-16/h2-14H,15H2,1H3,(H,23,25). The van der Waals surface area contributed by atoms with Crippen molar-refractivity contribution in [3.63, 3.8) is 0 Å². The average Bonchev–Trinajstić information content (AvgIpc) is 2.73. The van der Waals surface area contributed by atoms with Gasteiger partial charge < -0.3 is 5.32 Å². The van der Waals surface area contributed by atoms with Crippen molar-refractivity contribution in [1.29, 1.82) is 0 Å². The van der Waals surface area contributed by atoms with Crippen LogP contribution in [0.1, 0.15) is 15.9 Å². The third kappa shape index (κ3) is 4.37. The molecule has 28 heavy (non-hydrogen) atoms. The van der Waals surface area contributed by atoms with Crippen molar-refractivity contribution < 1.29 is 17.6 Å². The van der Waals surface area contributed by atoms with E-state index in [0.717, 1.165) is 5.56 Å². The number of amides is 1. The van der Waals surface area contributed by atoms with E-state index in [2.05, 4.69) is 5.32 Å². The number of carbonyl (C=O) groups is 1. The Hall–Kier alpha value is -3.19. The summed E-state index contributed by atoms with van der Waals surface area (Å²) in [4.78, 5) is 12.5. The fourth-order valence-electron chi connectivity index (χ4n) is 2.60. The van der Waals surface area contributed by atoms with Gasteiger partial charge in [0.05, 0.1) is 10.6 Å². The summed E-state index contributed by atoms with van der Waals surface area (Å²) in [7, 11) is -2.21. The molecule has 0 heterocycles. The molecule has 0 radical (unpaired) electrons. The van der Waals surface area contributed by atoms with Crippen molar-refractivity contribution in [1.82, 2.24) is 5.32 Å². The van der Waals surface area contributed by atoms with Crippen LogP contribution in [0.15, 0.2) is 83.8 Å². The summed E-state index contributed by atoms with van der Waals surface area (Å²) in [5.74, 6) is -0.635. The SMILES string of the molecule is CN(c1ccc(C(=O)NCc2ccc(F)cc2)cc1)S(=O)(=O)c1ccccc1. The van der Waals surface area contributed by atoms with E-state index in [4.69, 9.17) is 0 Å². The Balaban J connectivity index is 1.68. The smallest absolute Gasteiger partial charge is 0.264 e. The van der Waals surface area contributed by atoms with Gasteiger partial charge in [-0.1, -0.05) is 30.3 Å². The van der Waals surface area contributed by atoms with Crippen molar-refractivity contribution in [2.24, 2.45) is 0 Å². The number of sulfonamides is 1. The molecular weight excluding hydrogens is 379 g/mol. The van der Waals surface area contributed by atoms with E-state index in [9.17, 15) is 17.6 Å². The molecule has 0 saturated heterocycles. The van der Waals surface area contributed by atoms with Gasteiger partial charge in [0.25, 0.3) is 15.9 Å². The van der Waals surface area contributed by atoms with Crippen LogP contribution in [0.5, 0.6) is 0 Å². The minimum Gasteiger partial charge on any atom is -0.348 e. The van der Waals surface area contributed by atoms with Crippen LogP contribution in [0.2, 0.25) is 0 Å². The van der Waals surface area contributed by atoms with E-state index in [0.29, 0.717) is 11.3 Å². The summed E-state index contributed by atoms with van der Waals surface area (Å²) < 4.78 is 39.4. The number of nitrogens with one attached hydrogen (secondary N) is 1. The first-order valence-corrected chi connectivity index (χ1v) is 9.98. The lowest BCUT2D eigenvalue weighted by atomic mass is 10.1. The summed E-state index contributed by atoms with van der Waals surface area (Å²) in [6, 6.07) is 20.3. The van der Waals surface area contributed by atoms with E-state index in [1.165, 1.54) is 35.6 Å². The fraction of sp³-hybridized carbons (Fsp3) is 0.0952. The number of halogens is 1. The summed E-state index contributed by atoms with van der Waals surface area (Å²) >= 11 is 0. The molecule has 5 nitrogen and oxygen atoms in total. The van der Waals surface area contributed by atoms with Gasteiger partial charge in [-0.3, -0.25) is 9.10 Å². The third-order valence-electron chi connectivity index (χ3n) is 4.26. The van der Waals surface area contributed by atoms with Gasteiger partial charge in [0, 0.05) is 19.2 Å². The zero-order valence-electron chi connectivity index (χ0n) is 15.2. The number of anilines is 1. The Labute approximate surface area is 163 Å². The molecule has 3 aromatic rings. The molecule has 3 rings (SSSR count). The first kappa shape index (κ1) is 19.6. The molecule has 144 valence electrons. The van der Waals surface area contributed by atoms with Crippen LogP contribution in [-0.4, -0.2) is 21.4 Å². The molecule has 0 aliphatic rings. The van der Waals surface area contributed by atoms with Gasteiger partial charge in [-0.2, -0.15) is 0 Å². The molecule has 0 saturated carbocycles. The monoisotopic (exact) mass is 398 g/mol. The normalized spacial score (nSPS) is 11.1. The van der Waals surface area contributed by atoms with Crippen molar-refractivity contribution in [3.05, 3.63) is 95.8 Å². The number of rotatable bonds is 6. The van der Waals surface area contributed by atoms with Crippen LogP contribution in [0.4, 0.5) is 10.1 Å². The van der Waals surface area contributed by atoms with Crippen LogP contribution in [0.25, 0.3) is 0 Å². The molecule has 1 N–H and O–H groups in total. The Morgan fingerprint density at radius 1 is 0.929 bits per heavy atom. The maximum atomic E-state index is 12.9. The number of hydrogen-bond acceptors (Lipinski definition) is 3. The number of nitrogens with zero attached hydrogens (tertiary/aromatic N) is 1. The maximum absolute atomic E-state index is 12.9. The minimum absolute atomic E-state index is 0.193. The number of benzene rings is 3. The van der Waals surface area contributed by atoms with Gasteiger partial charge >= 0.3 is 0 Å². The summed E-state index contributed by atoms with van der Waals surface area (Å²) in [6.45, 7) is 0.267. The molecule has 0 atom stereocenters. The van der Waals surface area contributed by atoms with E-state index < -0.39 is 10.0 Å². The highest BCUT2D eigenvalue weighted by molar-refractivity contribution is 7.92.